The van der Waals surface area contributed by atoms with E-state index in [0.717, 1.165) is 89.0 Å². The normalized spacial score (nSPS) is 31.3. The Morgan fingerprint density at radius 3 is 1.17 bits per heavy atom. The second-order valence-corrected chi connectivity index (χ2v) is 17.2. The number of carboxylic acids is 2. The van der Waals surface area contributed by atoms with Gasteiger partial charge in [-0.15, -0.1) is 0 Å². The van der Waals surface area contributed by atoms with E-state index in [2.05, 4.69) is 70.7 Å². The van der Waals surface area contributed by atoms with Crippen LogP contribution in [0.2, 0.25) is 0 Å². The van der Waals surface area contributed by atoms with Crippen LogP contribution in [-0.4, -0.2) is 42.1 Å². The van der Waals surface area contributed by atoms with Crippen molar-refractivity contribution >= 4 is 56.3 Å². The van der Waals surface area contributed by atoms with Crippen LogP contribution >= 0.6 is 0 Å². The maximum absolute atomic E-state index is 12.9. The molecule has 266 valence electrons. The molecule has 14 aliphatic rings. The molecular weight excluding hydrogens is 673 g/mol. The summed E-state index contributed by atoms with van der Waals surface area (Å²) in [6.45, 7) is 0. The molecule has 0 amide bonds. The molecule has 8 unspecified atom stereocenters. The molecule has 54 heavy (non-hydrogen) atoms. The highest BCUT2D eigenvalue weighted by atomic mass is 16.4. The van der Waals surface area contributed by atoms with Crippen LogP contribution in [0.3, 0.4) is 0 Å². The summed E-state index contributed by atoms with van der Waals surface area (Å²) in [6.07, 6.45) is 22.2. The van der Waals surface area contributed by atoms with E-state index in [1.165, 1.54) is 38.9 Å². The molecule has 3 aromatic heterocycles. The van der Waals surface area contributed by atoms with Crippen LogP contribution in [-0.2, 0) is 9.59 Å². The lowest BCUT2D eigenvalue weighted by atomic mass is 9.63. The fourth-order valence-electron chi connectivity index (χ4n) is 12.8. The molecule has 0 aromatic carbocycles. The van der Waals surface area contributed by atoms with Gasteiger partial charge in [0.05, 0.1) is 33.9 Å². The molecule has 8 atom stereocenters. The van der Waals surface area contributed by atoms with Gasteiger partial charge in [0.15, 0.2) is 0 Å². The van der Waals surface area contributed by atoms with Gasteiger partial charge >= 0.3 is 11.9 Å². The highest BCUT2D eigenvalue weighted by Crippen LogP contribution is 2.59. The molecule has 3 aromatic rings. The summed E-state index contributed by atoms with van der Waals surface area (Å²) in [5, 5.41) is 21.0. The van der Waals surface area contributed by atoms with E-state index in [-0.39, 0.29) is 17.1 Å². The van der Waals surface area contributed by atoms with Gasteiger partial charge in [0, 0.05) is 69.4 Å². The Hall–Kier alpha value is -5.50. The highest BCUT2D eigenvalue weighted by molar-refractivity contribution is 6.11. The molecule has 0 spiro atoms. The largest absolute Gasteiger partial charge is 0.478 e. The Bertz CT molecular complexity index is 2750. The first-order valence-corrected chi connectivity index (χ1v) is 20.0. The van der Waals surface area contributed by atoms with Crippen molar-refractivity contribution in [2.24, 2.45) is 23.7 Å². The van der Waals surface area contributed by atoms with Crippen LogP contribution in [0.5, 0.6) is 0 Å². The van der Waals surface area contributed by atoms with Crippen molar-refractivity contribution in [3.8, 4) is 0 Å². The Kier molecular flexibility index (Phi) is 5.63. The standard InChI is InChI=1S/C46H38N4O4/c51-45(52)43-25-13-14-26(44(43)46(53)54)42-34-18-32-40-24-11-7-22(8-12-24)38(40)30(49-32)16-28-36-20-2-1-19(3-4-20)35(36)27(47-28)15-29-37-21-5-9-23(10-6-21)39(37)31(48-29)17-33(50-34)41(25)42/h1-2,5,7,9,11,15-26,47-48H,3-4,6,8,10,12-14H2,(H,51,52)(H,53,54). The summed E-state index contributed by atoms with van der Waals surface area (Å²) in [6, 6.07) is 8.96. The number of hydrogen-bond donors (Lipinski definition) is 4. The van der Waals surface area contributed by atoms with Gasteiger partial charge in [-0.3, -0.25) is 0 Å². The lowest BCUT2D eigenvalue weighted by Crippen LogP contribution is -2.34. The van der Waals surface area contributed by atoms with Gasteiger partial charge in [-0.2, -0.15) is 0 Å². The second kappa shape index (κ2) is 10.2. The molecule has 16 bridgehead atoms. The second-order valence-electron chi connectivity index (χ2n) is 17.2. The fourth-order valence-corrected chi connectivity index (χ4v) is 12.8. The first kappa shape index (κ1) is 29.9. The zero-order chi connectivity index (χ0) is 35.7. The Balaban J connectivity index is 1.17. The summed E-state index contributed by atoms with van der Waals surface area (Å²) in [4.78, 5) is 44.5. The monoisotopic (exact) mass is 710 g/mol. The molecule has 12 aliphatic carbocycles. The third kappa shape index (κ3) is 3.69. The molecule has 0 radical (unpaired) electrons. The third-order valence-electron chi connectivity index (χ3n) is 14.8. The van der Waals surface area contributed by atoms with Crippen LogP contribution in [0.25, 0.3) is 44.4 Å². The van der Waals surface area contributed by atoms with Gasteiger partial charge in [0.25, 0.3) is 0 Å². The molecule has 2 aliphatic heterocycles. The van der Waals surface area contributed by atoms with Crippen molar-refractivity contribution in [1.29, 1.82) is 0 Å². The lowest BCUT2D eigenvalue weighted by Gasteiger charge is -2.38. The van der Waals surface area contributed by atoms with E-state index in [0.29, 0.717) is 42.4 Å². The SMILES string of the molecule is O=C(O)C1=C(C(=O)O)C2CCC1C1=C2c2cc3[nH]c(cc4[nH]c(cc5nc(cc1n2)C1=C5C2C=CC1CC2)c1c4C2C=CC1CC2)c1c3C2C=CC1CC2. The number of aliphatic carboxylic acids is 2. The maximum atomic E-state index is 12.9. The zero-order valence-electron chi connectivity index (χ0n) is 29.7. The average molecular weight is 711 g/mol. The molecule has 4 N–H and O–H groups in total. The van der Waals surface area contributed by atoms with E-state index >= 15 is 0 Å². The van der Waals surface area contributed by atoms with E-state index in [9.17, 15) is 19.8 Å². The summed E-state index contributed by atoms with van der Waals surface area (Å²) in [5.41, 5.74) is 17.8. The van der Waals surface area contributed by atoms with Gasteiger partial charge in [-0.1, -0.05) is 36.5 Å². The Morgan fingerprint density at radius 2 is 0.778 bits per heavy atom. The van der Waals surface area contributed by atoms with E-state index in [1.54, 1.807) is 0 Å². The highest BCUT2D eigenvalue weighted by Gasteiger charge is 2.49. The van der Waals surface area contributed by atoms with Gasteiger partial charge < -0.3 is 20.2 Å². The number of aromatic nitrogens is 4. The number of fused-ring (bicyclic) bond motifs is 12. The number of hydrogen-bond acceptors (Lipinski definition) is 4. The minimum absolute atomic E-state index is 0.0197. The number of nitrogens with zero attached hydrogens (tertiary/aromatic N) is 2. The number of rotatable bonds is 2. The average Bonchev–Trinajstić information content (AvgIpc) is 3.97. The summed E-state index contributed by atoms with van der Waals surface area (Å²) in [7, 11) is 0. The summed E-state index contributed by atoms with van der Waals surface area (Å²) < 4.78 is 0. The predicted octanol–water partition coefficient (Wildman–Crippen LogP) is 9.30. The third-order valence-corrected chi connectivity index (χ3v) is 14.8. The van der Waals surface area contributed by atoms with Gasteiger partial charge in [0.2, 0.25) is 0 Å². The van der Waals surface area contributed by atoms with Gasteiger partial charge in [0.1, 0.15) is 0 Å². The topological polar surface area (TPSA) is 132 Å². The van der Waals surface area contributed by atoms with Crippen molar-refractivity contribution in [3.63, 3.8) is 0 Å². The van der Waals surface area contributed by atoms with Crippen molar-refractivity contribution in [2.45, 2.75) is 75.0 Å². The number of aromatic amines is 2. The lowest BCUT2D eigenvalue weighted by molar-refractivity contribution is -0.137. The molecule has 0 fully saturated rings. The number of nitrogens with one attached hydrogen (secondary N) is 2. The number of carboxylic acid groups (broad SMARTS) is 2. The quantitative estimate of drug-likeness (QED) is 0.196. The Labute approximate surface area is 310 Å². The summed E-state index contributed by atoms with van der Waals surface area (Å²) >= 11 is 0. The van der Waals surface area contributed by atoms with Crippen LogP contribution < -0.4 is 0 Å². The number of H-pyrrole nitrogens is 2. The minimum atomic E-state index is -1.15. The van der Waals surface area contributed by atoms with Crippen molar-refractivity contribution < 1.29 is 19.8 Å². The number of carbonyl (C=O) groups is 2. The van der Waals surface area contributed by atoms with Crippen molar-refractivity contribution in [2.75, 3.05) is 0 Å². The van der Waals surface area contributed by atoms with Crippen LogP contribution in [0.4, 0.5) is 0 Å². The van der Waals surface area contributed by atoms with Crippen molar-refractivity contribution in [3.05, 3.63) is 117 Å². The zero-order valence-corrected chi connectivity index (χ0v) is 29.7. The molecule has 0 saturated carbocycles. The molecule has 5 heterocycles. The fraction of sp³-hybridized carbons (Fsp3) is 0.348. The smallest absolute Gasteiger partial charge is 0.332 e. The number of allylic oxidation sites excluding steroid dienone is 10. The molecule has 0 saturated heterocycles. The first-order valence-electron chi connectivity index (χ1n) is 20.0. The van der Waals surface area contributed by atoms with E-state index in [1.807, 2.05) is 0 Å². The predicted molar refractivity (Wildman–Crippen MR) is 206 cm³/mol. The van der Waals surface area contributed by atoms with Crippen LogP contribution in [0, 0.1) is 23.7 Å². The Morgan fingerprint density at radius 1 is 0.444 bits per heavy atom. The van der Waals surface area contributed by atoms with Crippen LogP contribution in [0.1, 0.15) is 120 Å². The summed E-state index contributed by atoms with van der Waals surface area (Å²) in [5.74, 6) is -1.43. The minimum Gasteiger partial charge on any atom is -0.478 e. The molecular formula is C46H38N4O4. The van der Waals surface area contributed by atoms with Gasteiger partial charge in [-0.25, -0.2) is 19.6 Å². The molecule has 8 nitrogen and oxygen atoms in total. The van der Waals surface area contributed by atoms with Crippen molar-refractivity contribution in [1.82, 2.24) is 19.9 Å². The first-order chi connectivity index (χ1) is 26.4. The van der Waals surface area contributed by atoms with Gasteiger partial charge in [-0.05, 0) is 120 Å². The van der Waals surface area contributed by atoms with E-state index in [4.69, 9.17) is 9.97 Å². The van der Waals surface area contributed by atoms with E-state index < -0.39 is 23.8 Å². The van der Waals surface area contributed by atoms with Crippen LogP contribution in [0.15, 0.2) is 71.9 Å². The molecule has 8 heteroatoms. The maximum Gasteiger partial charge on any atom is 0.332 e. The molecule has 17 rings (SSSR count).